The Balaban J connectivity index is 1.72. The third-order valence-electron chi connectivity index (χ3n) is 4.55. The van der Waals surface area contributed by atoms with E-state index in [2.05, 4.69) is 21.6 Å². The zero-order valence-electron chi connectivity index (χ0n) is 12.6. The lowest BCUT2D eigenvalue weighted by atomic mass is 9.95. The minimum absolute atomic E-state index is 0.0935. The van der Waals surface area contributed by atoms with Gasteiger partial charge >= 0.3 is 0 Å². The second-order valence-electron chi connectivity index (χ2n) is 6.06. The molecule has 2 N–H and O–H groups in total. The molecule has 1 aromatic carbocycles. The van der Waals surface area contributed by atoms with E-state index in [0.29, 0.717) is 6.04 Å². The Morgan fingerprint density at radius 3 is 2.57 bits per heavy atom. The average molecular weight is 287 g/mol. The second kappa shape index (κ2) is 6.94. The first-order chi connectivity index (χ1) is 10.3. The number of amides is 1. The van der Waals surface area contributed by atoms with Crippen LogP contribution in [0, 0.1) is 0 Å². The van der Waals surface area contributed by atoms with Crippen LogP contribution in [0.5, 0.6) is 0 Å². The van der Waals surface area contributed by atoms with Crippen molar-refractivity contribution in [2.75, 3.05) is 31.1 Å². The van der Waals surface area contributed by atoms with Crippen LogP contribution in [0.25, 0.3) is 0 Å². The SMILES string of the molecule is O=C(NC1CCCCC1)c1ccccc1N1CCNCC1. The second-order valence-corrected chi connectivity index (χ2v) is 6.06. The zero-order chi connectivity index (χ0) is 14.5. The maximum Gasteiger partial charge on any atom is 0.253 e. The van der Waals surface area contributed by atoms with E-state index < -0.39 is 0 Å². The highest BCUT2D eigenvalue weighted by Crippen LogP contribution is 2.22. The molecule has 0 aromatic heterocycles. The summed E-state index contributed by atoms with van der Waals surface area (Å²) in [5.41, 5.74) is 1.90. The van der Waals surface area contributed by atoms with Gasteiger partial charge in [-0.15, -0.1) is 0 Å². The molecule has 0 radical (unpaired) electrons. The Morgan fingerprint density at radius 1 is 1.10 bits per heavy atom. The molecule has 1 aliphatic carbocycles. The van der Waals surface area contributed by atoms with Gasteiger partial charge in [-0.05, 0) is 25.0 Å². The minimum Gasteiger partial charge on any atom is -0.368 e. The van der Waals surface area contributed by atoms with E-state index in [1.165, 1.54) is 19.3 Å². The lowest BCUT2D eigenvalue weighted by Gasteiger charge is -2.31. The molecular weight excluding hydrogens is 262 g/mol. The van der Waals surface area contributed by atoms with Gasteiger partial charge in [0.2, 0.25) is 0 Å². The number of nitrogens with one attached hydrogen (secondary N) is 2. The highest BCUT2D eigenvalue weighted by Gasteiger charge is 2.21. The van der Waals surface area contributed by atoms with Crippen molar-refractivity contribution in [3.63, 3.8) is 0 Å². The maximum absolute atomic E-state index is 12.6. The van der Waals surface area contributed by atoms with Crippen molar-refractivity contribution in [2.45, 2.75) is 38.1 Å². The first-order valence-corrected chi connectivity index (χ1v) is 8.20. The Hall–Kier alpha value is -1.55. The molecule has 1 saturated heterocycles. The molecule has 21 heavy (non-hydrogen) atoms. The van der Waals surface area contributed by atoms with Gasteiger partial charge in [-0.3, -0.25) is 4.79 Å². The van der Waals surface area contributed by atoms with Crippen LogP contribution in [0.1, 0.15) is 42.5 Å². The summed E-state index contributed by atoms with van der Waals surface area (Å²) in [4.78, 5) is 14.9. The standard InChI is InChI=1S/C17H25N3O/c21-17(19-14-6-2-1-3-7-14)15-8-4-5-9-16(15)20-12-10-18-11-13-20/h4-5,8-9,14,18H,1-3,6-7,10-13H2,(H,19,21). The summed E-state index contributed by atoms with van der Waals surface area (Å²) in [5, 5.41) is 6.59. The quantitative estimate of drug-likeness (QED) is 0.895. The number of para-hydroxylation sites is 1. The molecule has 1 aromatic rings. The largest absolute Gasteiger partial charge is 0.368 e. The van der Waals surface area contributed by atoms with Gasteiger partial charge in [-0.2, -0.15) is 0 Å². The molecule has 0 bridgehead atoms. The number of anilines is 1. The van der Waals surface area contributed by atoms with Crippen LogP contribution < -0.4 is 15.5 Å². The van der Waals surface area contributed by atoms with E-state index in [0.717, 1.165) is 50.3 Å². The van der Waals surface area contributed by atoms with Gasteiger partial charge < -0.3 is 15.5 Å². The predicted molar refractivity (Wildman–Crippen MR) is 85.9 cm³/mol. The van der Waals surface area contributed by atoms with Crippen LogP contribution >= 0.6 is 0 Å². The lowest BCUT2D eigenvalue weighted by Crippen LogP contribution is -2.44. The fourth-order valence-electron chi connectivity index (χ4n) is 3.36. The molecule has 0 atom stereocenters. The fraction of sp³-hybridized carbons (Fsp3) is 0.588. The number of carbonyl (C=O) groups is 1. The van der Waals surface area contributed by atoms with Gasteiger partial charge in [0.15, 0.2) is 0 Å². The summed E-state index contributed by atoms with van der Waals surface area (Å²) in [5.74, 6) is 0.0935. The molecule has 114 valence electrons. The van der Waals surface area contributed by atoms with Crippen LogP contribution in [0.4, 0.5) is 5.69 Å². The Bertz CT molecular complexity index is 477. The van der Waals surface area contributed by atoms with Crippen molar-refractivity contribution in [3.05, 3.63) is 29.8 Å². The number of hydrogen-bond acceptors (Lipinski definition) is 3. The van der Waals surface area contributed by atoms with E-state index in [-0.39, 0.29) is 5.91 Å². The van der Waals surface area contributed by atoms with Crippen molar-refractivity contribution >= 4 is 11.6 Å². The number of piperazine rings is 1. The lowest BCUT2D eigenvalue weighted by molar-refractivity contribution is 0.0928. The van der Waals surface area contributed by atoms with Crippen LogP contribution in [0.3, 0.4) is 0 Å². The van der Waals surface area contributed by atoms with Crippen molar-refractivity contribution in [2.24, 2.45) is 0 Å². The molecule has 0 unspecified atom stereocenters. The van der Waals surface area contributed by atoms with Gasteiger partial charge in [0, 0.05) is 37.9 Å². The number of benzene rings is 1. The van der Waals surface area contributed by atoms with E-state index in [1.807, 2.05) is 18.2 Å². The summed E-state index contributed by atoms with van der Waals surface area (Å²) in [6.45, 7) is 3.90. The summed E-state index contributed by atoms with van der Waals surface area (Å²) in [6.07, 6.45) is 6.04. The Morgan fingerprint density at radius 2 is 1.81 bits per heavy atom. The van der Waals surface area contributed by atoms with Crippen molar-refractivity contribution < 1.29 is 4.79 Å². The molecule has 2 aliphatic rings. The zero-order valence-corrected chi connectivity index (χ0v) is 12.6. The molecule has 1 amide bonds. The van der Waals surface area contributed by atoms with Crippen molar-refractivity contribution in [1.82, 2.24) is 10.6 Å². The number of hydrogen-bond donors (Lipinski definition) is 2. The Labute approximate surface area is 126 Å². The van der Waals surface area contributed by atoms with Gasteiger partial charge in [0.05, 0.1) is 5.56 Å². The van der Waals surface area contributed by atoms with E-state index in [9.17, 15) is 4.79 Å². The third kappa shape index (κ3) is 3.56. The number of rotatable bonds is 3. The Kier molecular flexibility index (Phi) is 4.76. The molecule has 4 nitrogen and oxygen atoms in total. The molecule has 0 spiro atoms. The normalized spacial score (nSPS) is 20.3. The fourth-order valence-corrected chi connectivity index (χ4v) is 3.36. The number of carbonyl (C=O) groups excluding carboxylic acids is 1. The maximum atomic E-state index is 12.6. The van der Waals surface area contributed by atoms with Crippen LogP contribution in [-0.2, 0) is 0 Å². The van der Waals surface area contributed by atoms with E-state index in [1.54, 1.807) is 0 Å². The molecule has 3 rings (SSSR count). The molecular formula is C17H25N3O. The average Bonchev–Trinajstić information content (AvgIpc) is 2.56. The molecule has 1 saturated carbocycles. The van der Waals surface area contributed by atoms with Gasteiger partial charge in [0.1, 0.15) is 0 Å². The summed E-state index contributed by atoms with van der Waals surface area (Å²) in [6, 6.07) is 8.37. The predicted octanol–water partition coefficient (Wildman–Crippen LogP) is 2.16. The third-order valence-corrected chi connectivity index (χ3v) is 4.55. The van der Waals surface area contributed by atoms with Gasteiger partial charge in [-0.1, -0.05) is 31.4 Å². The van der Waals surface area contributed by atoms with E-state index in [4.69, 9.17) is 0 Å². The minimum atomic E-state index is 0.0935. The van der Waals surface area contributed by atoms with Crippen LogP contribution in [-0.4, -0.2) is 38.1 Å². The van der Waals surface area contributed by atoms with E-state index >= 15 is 0 Å². The topological polar surface area (TPSA) is 44.4 Å². The van der Waals surface area contributed by atoms with Gasteiger partial charge in [-0.25, -0.2) is 0 Å². The number of nitrogens with zero attached hydrogens (tertiary/aromatic N) is 1. The molecule has 1 heterocycles. The monoisotopic (exact) mass is 287 g/mol. The highest BCUT2D eigenvalue weighted by molar-refractivity contribution is 6.00. The smallest absolute Gasteiger partial charge is 0.253 e. The first-order valence-electron chi connectivity index (χ1n) is 8.20. The first kappa shape index (κ1) is 14.4. The highest BCUT2D eigenvalue weighted by atomic mass is 16.1. The summed E-state index contributed by atoms with van der Waals surface area (Å²) < 4.78 is 0. The summed E-state index contributed by atoms with van der Waals surface area (Å²) >= 11 is 0. The van der Waals surface area contributed by atoms with Crippen molar-refractivity contribution in [3.8, 4) is 0 Å². The summed E-state index contributed by atoms with van der Waals surface area (Å²) in [7, 11) is 0. The van der Waals surface area contributed by atoms with Gasteiger partial charge in [0.25, 0.3) is 5.91 Å². The van der Waals surface area contributed by atoms with Crippen molar-refractivity contribution in [1.29, 1.82) is 0 Å². The van der Waals surface area contributed by atoms with Crippen LogP contribution in [0.15, 0.2) is 24.3 Å². The van der Waals surface area contributed by atoms with Crippen LogP contribution in [0.2, 0.25) is 0 Å². The molecule has 1 aliphatic heterocycles. The molecule has 4 heteroatoms. The molecule has 2 fully saturated rings.